The van der Waals surface area contributed by atoms with Crippen LogP contribution in [0.4, 0.5) is 0 Å². The molecule has 0 radical (unpaired) electrons. The number of rotatable bonds is 5. The average Bonchev–Trinajstić information content (AvgIpc) is 3.02. The quantitative estimate of drug-likeness (QED) is 0.709. The van der Waals surface area contributed by atoms with Crippen molar-refractivity contribution in [1.82, 2.24) is 19.9 Å². The van der Waals surface area contributed by atoms with Crippen molar-refractivity contribution >= 4 is 5.65 Å². The molecule has 1 N–H and O–H groups in total. The van der Waals surface area contributed by atoms with E-state index in [1.807, 2.05) is 41.8 Å². The lowest BCUT2D eigenvalue weighted by atomic mass is 10.3. The van der Waals surface area contributed by atoms with E-state index >= 15 is 0 Å². The van der Waals surface area contributed by atoms with Gasteiger partial charge in [0, 0.05) is 19.2 Å². The molecule has 0 spiro atoms. The number of aromatic nitrogens is 3. The molecule has 3 rings (SSSR count). The second-order valence-corrected chi connectivity index (χ2v) is 4.50. The molecule has 98 valence electrons. The fraction of sp³-hybridized carbons (Fsp3) is 0.286. The lowest BCUT2D eigenvalue weighted by molar-refractivity contribution is 0.480. The third-order valence-corrected chi connectivity index (χ3v) is 3.16. The first-order valence-corrected chi connectivity index (χ1v) is 6.37. The molecule has 5 heteroatoms. The summed E-state index contributed by atoms with van der Waals surface area (Å²) in [5, 5.41) is 11.7. The fourth-order valence-electron chi connectivity index (χ4n) is 2.05. The molecular weight excluding hydrogens is 240 g/mol. The van der Waals surface area contributed by atoms with Crippen molar-refractivity contribution in [2.75, 3.05) is 6.54 Å². The summed E-state index contributed by atoms with van der Waals surface area (Å²) in [5.74, 6) is 1.96. The predicted octanol–water partition coefficient (Wildman–Crippen LogP) is 1.96. The van der Waals surface area contributed by atoms with Crippen LogP contribution in [0.5, 0.6) is 0 Å². The Hall–Kier alpha value is -2.14. The number of nitrogens with zero attached hydrogens (tertiary/aromatic N) is 3. The van der Waals surface area contributed by atoms with Gasteiger partial charge in [-0.15, -0.1) is 10.2 Å². The maximum Gasteiger partial charge on any atom is 0.160 e. The SMILES string of the molecule is Cc1ccoc1CNCCc1nnc2ccccn12. The highest BCUT2D eigenvalue weighted by Gasteiger charge is 2.05. The fourth-order valence-corrected chi connectivity index (χ4v) is 2.05. The summed E-state index contributed by atoms with van der Waals surface area (Å²) in [6.07, 6.45) is 4.55. The van der Waals surface area contributed by atoms with Crippen molar-refractivity contribution < 1.29 is 4.42 Å². The zero-order valence-corrected chi connectivity index (χ0v) is 10.8. The van der Waals surface area contributed by atoms with E-state index in [1.54, 1.807) is 6.26 Å². The summed E-state index contributed by atoms with van der Waals surface area (Å²) in [6, 6.07) is 7.88. The molecular formula is C14H16N4O. The van der Waals surface area contributed by atoms with Crippen LogP contribution >= 0.6 is 0 Å². The molecule has 0 aliphatic carbocycles. The minimum absolute atomic E-state index is 0.746. The zero-order chi connectivity index (χ0) is 13.1. The summed E-state index contributed by atoms with van der Waals surface area (Å²) in [7, 11) is 0. The van der Waals surface area contributed by atoms with Gasteiger partial charge in [0.15, 0.2) is 5.65 Å². The van der Waals surface area contributed by atoms with Gasteiger partial charge in [0.05, 0.1) is 12.8 Å². The second kappa shape index (κ2) is 5.24. The van der Waals surface area contributed by atoms with Crippen LogP contribution in [0.25, 0.3) is 5.65 Å². The van der Waals surface area contributed by atoms with Crippen molar-refractivity contribution in [2.45, 2.75) is 19.9 Å². The first-order chi connectivity index (χ1) is 9.34. The molecule has 0 amide bonds. The van der Waals surface area contributed by atoms with Gasteiger partial charge in [0.25, 0.3) is 0 Å². The molecule has 0 saturated heterocycles. The third kappa shape index (κ3) is 2.51. The van der Waals surface area contributed by atoms with Gasteiger partial charge in [-0.2, -0.15) is 0 Å². The standard InChI is InChI=1S/C14H16N4O/c1-11-6-9-19-12(11)10-15-7-5-14-17-16-13-4-2-3-8-18(13)14/h2-4,6,8-9,15H,5,7,10H2,1H3. The van der Waals surface area contributed by atoms with Gasteiger partial charge in [-0.1, -0.05) is 6.07 Å². The third-order valence-electron chi connectivity index (χ3n) is 3.16. The Bertz CT molecular complexity index is 671. The molecule has 19 heavy (non-hydrogen) atoms. The average molecular weight is 256 g/mol. The van der Waals surface area contributed by atoms with E-state index in [9.17, 15) is 0 Å². The van der Waals surface area contributed by atoms with Crippen LogP contribution in [-0.4, -0.2) is 21.1 Å². The van der Waals surface area contributed by atoms with Gasteiger partial charge in [0.2, 0.25) is 0 Å². The monoisotopic (exact) mass is 256 g/mol. The van der Waals surface area contributed by atoms with Gasteiger partial charge in [-0.3, -0.25) is 4.40 Å². The molecule has 0 aliphatic rings. The molecule has 5 nitrogen and oxygen atoms in total. The smallest absolute Gasteiger partial charge is 0.160 e. The van der Waals surface area contributed by atoms with E-state index in [1.165, 1.54) is 5.56 Å². The molecule has 0 saturated carbocycles. The Morgan fingerprint density at radius 2 is 2.21 bits per heavy atom. The Labute approximate surface area is 111 Å². The molecule has 0 aliphatic heterocycles. The summed E-state index contributed by atoms with van der Waals surface area (Å²) in [4.78, 5) is 0. The van der Waals surface area contributed by atoms with Crippen LogP contribution in [0.3, 0.4) is 0 Å². The van der Waals surface area contributed by atoms with Crippen LogP contribution in [0.15, 0.2) is 41.1 Å². The van der Waals surface area contributed by atoms with Crippen molar-refractivity contribution in [3.05, 3.63) is 53.9 Å². The Balaban J connectivity index is 1.57. The van der Waals surface area contributed by atoms with Gasteiger partial charge in [0.1, 0.15) is 11.6 Å². The highest BCUT2D eigenvalue weighted by atomic mass is 16.3. The molecule has 0 fully saturated rings. The number of hydrogen-bond donors (Lipinski definition) is 1. The normalized spacial score (nSPS) is 11.2. The van der Waals surface area contributed by atoms with Crippen LogP contribution in [-0.2, 0) is 13.0 Å². The summed E-state index contributed by atoms with van der Waals surface area (Å²) >= 11 is 0. The Morgan fingerprint density at radius 1 is 1.26 bits per heavy atom. The number of aryl methyl sites for hydroxylation is 1. The number of hydrogen-bond acceptors (Lipinski definition) is 4. The molecule has 0 aromatic carbocycles. The highest BCUT2D eigenvalue weighted by Crippen LogP contribution is 2.08. The lowest BCUT2D eigenvalue weighted by Crippen LogP contribution is -2.17. The van der Waals surface area contributed by atoms with Gasteiger partial charge < -0.3 is 9.73 Å². The molecule has 3 heterocycles. The predicted molar refractivity (Wildman–Crippen MR) is 71.8 cm³/mol. The maximum absolute atomic E-state index is 5.38. The van der Waals surface area contributed by atoms with E-state index in [-0.39, 0.29) is 0 Å². The van der Waals surface area contributed by atoms with Gasteiger partial charge in [-0.05, 0) is 30.7 Å². The zero-order valence-electron chi connectivity index (χ0n) is 10.8. The molecule has 3 aromatic rings. The van der Waals surface area contributed by atoms with Crippen LogP contribution in [0, 0.1) is 6.92 Å². The van der Waals surface area contributed by atoms with Crippen molar-refractivity contribution in [3.8, 4) is 0 Å². The maximum atomic E-state index is 5.38. The molecule has 3 aromatic heterocycles. The van der Waals surface area contributed by atoms with Crippen molar-refractivity contribution in [3.63, 3.8) is 0 Å². The van der Waals surface area contributed by atoms with Gasteiger partial charge in [-0.25, -0.2) is 0 Å². The number of fused-ring (bicyclic) bond motifs is 1. The lowest BCUT2D eigenvalue weighted by Gasteiger charge is -2.03. The van der Waals surface area contributed by atoms with Crippen LogP contribution < -0.4 is 5.32 Å². The Morgan fingerprint density at radius 3 is 3.05 bits per heavy atom. The van der Waals surface area contributed by atoms with Crippen LogP contribution in [0.1, 0.15) is 17.1 Å². The summed E-state index contributed by atoms with van der Waals surface area (Å²) < 4.78 is 7.39. The topological polar surface area (TPSA) is 55.4 Å². The summed E-state index contributed by atoms with van der Waals surface area (Å²) in [5.41, 5.74) is 2.07. The van der Waals surface area contributed by atoms with E-state index < -0.39 is 0 Å². The van der Waals surface area contributed by atoms with E-state index in [0.717, 1.165) is 36.7 Å². The molecule has 0 atom stereocenters. The van der Waals surface area contributed by atoms with Crippen molar-refractivity contribution in [2.24, 2.45) is 0 Å². The highest BCUT2D eigenvalue weighted by molar-refractivity contribution is 5.36. The van der Waals surface area contributed by atoms with E-state index in [4.69, 9.17) is 4.42 Å². The van der Waals surface area contributed by atoms with Gasteiger partial charge >= 0.3 is 0 Å². The minimum Gasteiger partial charge on any atom is -0.468 e. The van der Waals surface area contributed by atoms with E-state index in [0.29, 0.717) is 0 Å². The van der Waals surface area contributed by atoms with E-state index in [2.05, 4.69) is 15.5 Å². The molecule has 0 bridgehead atoms. The Kier molecular flexibility index (Phi) is 3.29. The first-order valence-electron chi connectivity index (χ1n) is 6.37. The number of furan rings is 1. The van der Waals surface area contributed by atoms with Crippen LogP contribution in [0.2, 0.25) is 0 Å². The number of nitrogens with one attached hydrogen (secondary N) is 1. The molecule has 0 unspecified atom stereocenters. The minimum atomic E-state index is 0.746. The largest absolute Gasteiger partial charge is 0.468 e. The summed E-state index contributed by atoms with van der Waals surface area (Å²) in [6.45, 7) is 3.64. The van der Waals surface area contributed by atoms with Crippen molar-refractivity contribution in [1.29, 1.82) is 0 Å². The number of pyridine rings is 1. The first kappa shape index (κ1) is 11.9. The second-order valence-electron chi connectivity index (χ2n) is 4.50.